The van der Waals surface area contributed by atoms with Crippen molar-refractivity contribution in [3.05, 3.63) is 29.8 Å². The van der Waals surface area contributed by atoms with Crippen LogP contribution in [0, 0.1) is 5.92 Å². The molecule has 3 heteroatoms. The second kappa shape index (κ2) is 3.81. The van der Waals surface area contributed by atoms with Crippen LogP contribution in [0.25, 0.3) is 0 Å². The van der Waals surface area contributed by atoms with Gasteiger partial charge in [-0.05, 0) is 17.7 Å². The predicted octanol–water partition coefficient (Wildman–Crippen LogP) is 2.65. The van der Waals surface area contributed by atoms with Gasteiger partial charge < -0.3 is 9.64 Å². The quantitative estimate of drug-likeness (QED) is 0.712. The van der Waals surface area contributed by atoms with Crippen LogP contribution in [0.4, 0.5) is 0 Å². The van der Waals surface area contributed by atoms with Crippen LogP contribution in [0.2, 0.25) is 0 Å². The molecule has 0 aliphatic carbocycles. The largest absolute Gasteiger partial charge is 0.497 e. The van der Waals surface area contributed by atoms with Crippen molar-refractivity contribution in [3.8, 4) is 5.75 Å². The van der Waals surface area contributed by atoms with Gasteiger partial charge in [-0.25, -0.2) is 0 Å². The lowest BCUT2D eigenvalue weighted by molar-refractivity contribution is 0.237. The summed E-state index contributed by atoms with van der Waals surface area (Å²) in [6.45, 7) is 2.18. The molecule has 1 heterocycles. The van der Waals surface area contributed by atoms with Gasteiger partial charge in [0.2, 0.25) is 0 Å². The highest BCUT2D eigenvalue weighted by atomic mass is 32.1. The first kappa shape index (κ1) is 10.4. The van der Waals surface area contributed by atoms with Crippen molar-refractivity contribution >= 4 is 17.2 Å². The fourth-order valence-electron chi connectivity index (χ4n) is 2.16. The molecule has 80 valence electrons. The Balaban J connectivity index is 2.20. The standard InChI is InChI=1S/C12H15NOS/c1-8-11(13(2)12(8)15)9-4-6-10(14-3)7-5-9/h4-8,11H,1-3H3/t8-,11+/m1/s1. The van der Waals surface area contributed by atoms with Crippen molar-refractivity contribution < 1.29 is 4.74 Å². The summed E-state index contributed by atoms with van der Waals surface area (Å²) in [5.41, 5.74) is 1.31. The maximum absolute atomic E-state index is 5.26. The summed E-state index contributed by atoms with van der Waals surface area (Å²) < 4.78 is 5.14. The Morgan fingerprint density at radius 1 is 1.27 bits per heavy atom. The normalized spacial score (nSPS) is 25.0. The summed E-state index contributed by atoms with van der Waals surface area (Å²) in [6, 6.07) is 8.65. The van der Waals surface area contributed by atoms with E-state index in [0.717, 1.165) is 10.7 Å². The highest BCUT2D eigenvalue weighted by Gasteiger charge is 2.38. The molecule has 2 nitrogen and oxygen atoms in total. The third kappa shape index (κ3) is 1.61. The van der Waals surface area contributed by atoms with Gasteiger partial charge in [-0.2, -0.15) is 0 Å². The van der Waals surface area contributed by atoms with Crippen LogP contribution in [-0.2, 0) is 0 Å². The molecule has 0 bridgehead atoms. The Morgan fingerprint density at radius 3 is 2.33 bits per heavy atom. The number of ether oxygens (including phenoxy) is 1. The Morgan fingerprint density at radius 2 is 1.87 bits per heavy atom. The van der Waals surface area contributed by atoms with Gasteiger partial charge in [0.15, 0.2) is 0 Å². The summed E-state index contributed by atoms with van der Waals surface area (Å²) in [4.78, 5) is 3.21. The SMILES string of the molecule is COc1ccc([C@@H]2[C@@H](C)C(=S)N2C)cc1. The summed E-state index contributed by atoms with van der Waals surface area (Å²) in [5, 5.41) is 0. The van der Waals surface area contributed by atoms with E-state index in [1.54, 1.807) is 7.11 Å². The van der Waals surface area contributed by atoms with Crippen LogP contribution in [0.5, 0.6) is 5.75 Å². The van der Waals surface area contributed by atoms with E-state index in [0.29, 0.717) is 12.0 Å². The number of methoxy groups -OCH3 is 1. The highest BCUT2D eigenvalue weighted by molar-refractivity contribution is 7.80. The minimum Gasteiger partial charge on any atom is -0.497 e. The van der Waals surface area contributed by atoms with E-state index in [4.69, 9.17) is 17.0 Å². The van der Waals surface area contributed by atoms with E-state index in [1.807, 2.05) is 12.1 Å². The van der Waals surface area contributed by atoms with Gasteiger partial charge in [-0.3, -0.25) is 0 Å². The Bertz CT molecular complexity index is 362. The van der Waals surface area contributed by atoms with Gasteiger partial charge >= 0.3 is 0 Å². The summed E-state index contributed by atoms with van der Waals surface area (Å²) in [5.74, 6) is 1.37. The van der Waals surface area contributed by atoms with E-state index >= 15 is 0 Å². The van der Waals surface area contributed by atoms with Crippen LogP contribution in [0.1, 0.15) is 18.5 Å². The molecule has 0 saturated carbocycles. The minimum absolute atomic E-state index is 0.434. The molecule has 1 fully saturated rings. The average molecular weight is 221 g/mol. The van der Waals surface area contributed by atoms with Crippen molar-refractivity contribution in [1.29, 1.82) is 0 Å². The van der Waals surface area contributed by atoms with E-state index in [2.05, 4.69) is 31.0 Å². The molecule has 2 atom stereocenters. The number of hydrogen-bond donors (Lipinski definition) is 0. The zero-order valence-electron chi connectivity index (χ0n) is 9.23. The van der Waals surface area contributed by atoms with E-state index in [-0.39, 0.29) is 0 Å². The molecular formula is C12H15NOS. The molecule has 0 unspecified atom stereocenters. The average Bonchev–Trinajstić information content (AvgIpc) is 2.30. The molecule has 0 amide bonds. The molecule has 1 aromatic carbocycles. The smallest absolute Gasteiger partial charge is 0.118 e. The van der Waals surface area contributed by atoms with Crippen molar-refractivity contribution in [2.75, 3.05) is 14.2 Å². The second-order valence-electron chi connectivity index (χ2n) is 3.96. The van der Waals surface area contributed by atoms with Crippen LogP contribution in [-0.4, -0.2) is 24.0 Å². The molecule has 2 rings (SSSR count). The van der Waals surface area contributed by atoms with Crippen molar-refractivity contribution in [1.82, 2.24) is 4.90 Å². The Hall–Kier alpha value is -1.09. The van der Waals surface area contributed by atoms with Crippen LogP contribution >= 0.6 is 12.2 Å². The van der Waals surface area contributed by atoms with Crippen LogP contribution in [0.15, 0.2) is 24.3 Å². The van der Waals surface area contributed by atoms with Gasteiger partial charge in [0.1, 0.15) is 5.75 Å². The fraction of sp³-hybridized carbons (Fsp3) is 0.417. The lowest BCUT2D eigenvalue weighted by atomic mass is 9.85. The van der Waals surface area contributed by atoms with Gasteiger partial charge in [-0.15, -0.1) is 0 Å². The minimum atomic E-state index is 0.434. The number of hydrogen-bond acceptors (Lipinski definition) is 2. The van der Waals surface area contributed by atoms with Gasteiger partial charge in [-0.1, -0.05) is 31.3 Å². The topological polar surface area (TPSA) is 12.5 Å². The molecule has 0 spiro atoms. The van der Waals surface area contributed by atoms with E-state index in [1.165, 1.54) is 5.56 Å². The number of rotatable bonds is 2. The number of nitrogens with zero attached hydrogens (tertiary/aromatic N) is 1. The van der Waals surface area contributed by atoms with Crippen LogP contribution < -0.4 is 4.74 Å². The zero-order valence-corrected chi connectivity index (χ0v) is 10.0. The molecule has 15 heavy (non-hydrogen) atoms. The fourth-order valence-corrected chi connectivity index (χ4v) is 2.40. The van der Waals surface area contributed by atoms with E-state index < -0.39 is 0 Å². The van der Waals surface area contributed by atoms with Crippen molar-refractivity contribution in [2.24, 2.45) is 5.92 Å². The molecule has 1 saturated heterocycles. The van der Waals surface area contributed by atoms with E-state index in [9.17, 15) is 0 Å². The van der Waals surface area contributed by atoms with Gasteiger partial charge in [0, 0.05) is 13.0 Å². The lowest BCUT2D eigenvalue weighted by Crippen LogP contribution is -2.49. The maximum atomic E-state index is 5.26. The van der Waals surface area contributed by atoms with Crippen molar-refractivity contribution in [3.63, 3.8) is 0 Å². The monoisotopic (exact) mass is 221 g/mol. The third-order valence-electron chi connectivity index (χ3n) is 3.09. The maximum Gasteiger partial charge on any atom is 0.118 e. The molecule has 1 aromatic rings. The predicted molar refractivity (Wildman–Crippen MR) is 65.3 cm³/mol. The lowest BCUT2D eigenvalue weighted by Gasteiger charge is -2.46. The third-order valence-corrected chi connectivity index (χ3v) is 3.75. The Kier molecular flexibility index (Phi) is 2.65. The van der Waals surface area contributed by atoms with Gasteiger partial charge in [0.25, 0.3) is 0 Å². The van der Waals surface area contributed by atoms with Crippen molar-refractivity contribution in [2.45, 2.75) is 13.0 Å². The number of benzene rings is 1. The molecule has 1 aliphatic heterocycles. The molecule has 1 aliphatic rings. The van der Waals surface area contributed by atoms with Crippen LogP contribution in [0.3, 0.4) is 0 Å². The number of thiocarbonyl (C=S) groups is 1. The Labute approximate surface area is 95.8 Å². The number of likely N-dealkylation sites (tertiary alicyclic amines) is 1. The second-order valence-corrected chi connectivity index (χ2v) is 4.37. The van der Waals surface area contributed by atoms with Gasteiger partial charge in [0.05, 0.1) is 18.1 Å². The first-order chi connectivity index (χ1) is 7.15. The summed E-state index contributed by atoms with van der Waals surface area (Å²) >= 11 is 5.26. The first-order valence-electron chi connectivity index (χ1n) is 5.05. The molecule has 0 aromatic heterocycles. The summed E-state index contributed by atoms with van der Waals surface area (Å²) in [7, 11) is 3.74. The zero-order chi connectivity index (χ0) is 11.0. The molecule has 0 N–H and O–H groups in total. The molecule has 0 radical (unpaired) electrons. The highest BCUT2D eigenvalue weighted by Crippen LogP contribution is 2.39. The molecular weight excluding hydrogens is 206 g/mol. The first-order valence-corrected chi connectivity index (χ1v) is 5.46. The summed E-state index contributed by atoms with van der Waals surface area (Å²) in [6.07, 6.45) is 0.